The number of ether oxygens (including phenoxy) is 1. The average Bonchev–Trinajstić information content (AvgIpc) is 2.70. The number of amides is 1. The van der Waals surface area contributed by atoms with Crippen molar-refractivity contribution in [3.8, 4) is 5.75 Å². The maximum atomic E-state index is 12.2. The van der Waals surface area contributed by atoms with E-state index < -0.39 is 0 Å². The normalized spacial score (nSPS) is 11.0. The summed E-state index contributed by atoms with van der Waals surface area (Å²) in [7, 11) is 0. The van der Waals surface area contributed by atoms with E-state index in [9.17, 15) is 4.79 Å². The minimum absolute atomic E-state index is 0.318. The van der Waals surface area contributed by atoms with Crippen LogP contribution in [0.5, 0.6) is 5.75 Å². The van der Waals surface area contributed by atoms with Crippen molar-refractivity contribution in [3.63, 3.8) is 0 Å². The van der Waals surface area contributed by atoms with Gasteiger partial charge in [0.2, 0.25) is 0 Å². The molecule has 0 aromatic heterocycles. The largest absolute Gasteiger partial charge is 0.494 e. The van der Waals surface area contributed by atoms with Crippen LogP contribution in [-0.4, -0.2) is 18.7 Å². The van der Waals surface area contributed by atoms with Crippen molar-refractivity contribution in [3.05, 3.63) is 63.6 Å². The minimum atomic E-state index is -0.318. The summed E-state index contributed by atoms with van der Waals surface area (Å²) in [6.07, 6.45) is 8.79. The fourth-order valence-electron chi connectivity index (χ4n) is 2.63. The van der Waals surface area contributed by atoms with Gasteiger partial charge in [0.1, 0.15) is 5.75 Å². The monoisotopic (exact) mass is 420 g/mol. The number of nitrogens with zero attached hydrogens (tertiary/aromatic N) is 1. The van der Waals surface area contributed by atoms with E-state index in [0.717, 1.165) is 12.2 Å². The van der Waals surface area contributed by atoms with Gasteiger partial charge in [-0.15, -0.1) is 0 Å². The SMILES string of the molecule is CCCCCCCCOc1ccc(C(=O)N/N=C/c2c(Cl)cccc2Cl)cc1. The standard InChI is InChI=1S/C22H26Cl2N2O2/c1-2-3-4-5-6-7-15-28-18-13-11-17(12-14-18)22(27)26-25-16-19-20(23)9-8-10-21(19)24/h8-14,16H,2-7,15H2,1H3,(H,26,27)/b25-16+. The predicted octanol–water partition coefficient (Wildman–Crippen LogP) is 6.50. The Morgan fingerprint density at radius 2 is 1.64 bits per heavy atom. The van der Waals surface area contributed by atoms with Crippen LogP contribution in [0.15, 0.2) is 47.6 Å². The zero-order valence-corrected chi connectivity index (χ0v) is 17.6. The highest BCUT2D eigenvalue weighted by atomic mass is 35.5. The van der Waals surface area contributed by atoms with Crippen molar-refractivity contribution in [1.82, 2.24) is 5.43 Å². The van der Waals surface area contributed by atoms with Gasteiger partial charge in [-0.05, 0) is 42.8 Å². The van der Waals surface area contributed by atoms with Gasteiger partial charge >= 0.3 is 0 Å². The highest BCUT2D eigenvalue weighted by molar-refractivity contribution is 6.38. The van der Waals surface area contributed by atoms with Crippen LogP contribution in [0, 0.1) is 0 Å². The number of unbranched alkanes of at least 4 members (excludes halogenated alkanes) is 5. The molecule has 0 atom stereocenters. The Labute approximate surface area is 176 Å². The van der Waals surface area contributed by atoms with E-state index in [2.05, 4.69) is 17.5 Å². The lowest BCUT2D eigenvalue weighted by Gasteiger charge is -2.07. The van der Waals surface area contributed by atoms with Gasteiger partial charge < -0.3 is 4.74 Å². The second-order valence-electron chi connectivity index (χ2n) is 6.48. The van der Waals surface area contributed by atoms with Crippen LogP contribution in [-0.2, 0) is 0 Å². The van der Waals surface area contributed by atoms with Gasteiger partial charge in [-0.2, -0.15) is 5.10 Å². The van der Waals surface area contributed by atoms with Crippen molar-refractivity contribution in [2.75, 3.05) is 6.61 Å². The molecular formula is C22H26Cl2N2O2. The molecule has 0 saturated carbocycles. The van der Waals surface area contributed by atoms with Gasteiger partial charge in [-0.3, -0.25) is 4.79 Å². The van der Waals surface area contributed by atoms with Crippen LogP contribution in [0.4, 0.5) is 0 Å². The van der Waals surface area contributed by atoms with Crippen molar-refractivity contribution in [2.45, 2.75) is 45.4 Å². The molecule has 2 rings (SSSR count). The smallest absolute Gasteiger partial charge is 0.271 e. The first-order valence-electron chi connectivity index (χ1n) is 9.62. The van der Waals surface area contributed by atoms with Gasteiger partial charge in [0.25, 0.3) is 5.91 Å². The number of halogens is 2. The van der Waals surface area contributed by atoms with Gasteiger partial charge in [0.15, 0.2) is 0 Å². The van der Waals surface area contributed by atoms with E-state index in [-0.39, 0.29) is 5.91 Å². The number of hydrogen-bond donors (Lipinski definition) is 1. The van der Waals surface area contributed by atoms with Crippen LogP contribution in [0.1, 0.15) is 61.4 Å². The van der Waals surface area contributed by atoms with Crippen LogP contribution >= 0.6 is 23.2 Å². The number of carbonyl (C=O) groups excluding carboxylic acids is 1. The quantitative estimate of drug-likeness (QED) is 0.256. The summed E-state index contributed by atoms with van der Waals surface area (Å²) in [5.41, 5.74) is 3.52. The third-order valence-electron chi connectivity index (χ3n) is 4.24. The Morgan fingerprint density at radius 1 is 1.00 bits per heavy atom. The second kappa shape index (κ2) is 12.4. The van der Waals surface area contributed by atoms with E-state index in [1.54, 1.807) is 42.5 Å². The number of carbonyl (C=O) groups is 1. The molecule has 2 aromatic carbocycles. The number of benzene rings is 2. The first kappa shape index (κ1) is 22.3. The molecule has 0 saturated heterocycles. The molecular weight excluding hydrogens is 395 g/mol. The highest BCUT2D eigenvalue weighted by Gasteiger charge is 2.06. The Balaban J connectivity index is 1.76. The van der Waals surface area contributed by atoms with Crippen molar-refractivity contribution >= 4 is 35.3 Å². The van der Waals surface area contributed by atoms with E-state index >= 15 is 0 Å². The van der Waals surface area contributed by atoms with Gasteiger partial charge in [0.05, 0.1) is 22.9 Å². The number of hydrogen-bond acceptors (Lipinski definition) is 3. The van der Waals surface area contributed by atoms with Gasteiger partial charge in [-0.25, -0.2) is 5.43 Å². The molecule has 150 valence electrons. The fraction of sp³-hybridized carbons (Fsp3) is 0.364. The topological polar surface area (TPSA) is 50.7 Å². The maximum absolute atomic E-state index is 12.2. The highest BCUT2D eigenvalue weighted by Crippen LogP contribution is 2.22. The maximum Gasteiger partial charge on any atom is 0.271 e. The lowest BCUT2D eigenvalue weighted by Crippen LogP contribution is -2.17. The van der Waals surface area contributed by atoms with Gasteiger partial charge in [0, 0.05) is 11.1 Å². The van der Waals surface area contributed by atoms with Crippen LogP contribution in [0.25, 0.3) is 0 Å². The third kappa shape index (κ3) is 7.53. The molecule has 0 spiro atoms. The molecule has 1 N–H and O–H groups in total. The lowest BCUT2D eigenvalue weighted by molar-refractivity contribution is 0.0955. The summed E-state index contributed by atoms with van der Waals surface area (Å²) in [4.78, 5) is 12.2. The Morgan fingerprint density at radius 3 is 2.32 bits per heavy atom. The van der Waals surface area contributed by atoms with E-state index in [0.29, 0.717) is 27.8 Å². The van der Waals surface area contributed by atoms with E-state index in [4.69, 9.17) is 27.9 Å². The molecule has 0 aliphatic carbocycles. The van der Waals surface area contributed by atoms with Crippen molar-refractivity contribution in [1.29, 1.82) is 0 Å². The molecule has 0 aliphatic heterocycles. The summed E-state index contributed by atoms with van der Waals surface area (Å²) in [5.74, 6) is 0.443. The molecule has 0 unspecified atom stereocenters. The molecule has 0 bridgehead atoms. The molecule has 0 radical (unpaired) electrons. The summed E-state index contributed by atoms with van der Waals surface area (Å²) in [6.45, 7) is 2.91. The average molecular weight is 421 g/mol. The Hall–Kier alpha value is -2.04. The Kier molecular flexibility index (Phi) is 9.87. The summed E-state index contributed by atoms with van der Waals surface area (Å²) in [6, 6.07) is 12.2. The third-order valence-corrected chi connectivity index (χ3v) is 4.90. The molecule has 0 heterocycles. The van der Waals surface area contributed by atoms with Crippen molar-refractivity contribution in [2.24, 2.45) is 5.10 Å². The minimum Gasteiger partial charge on any atom is -0.494 e. The molecule has 4 nitrogen and oxygen atoms in total. The molecule has 6 heteroatoms. The van der Waals surface area contributed by atoms with Crippen molar-refractivity contribution < 1.29 is 9.53 Å². The zero-order valence-electron chi connectivity index (χ0n) is 16.1. The number of hydrazone groups is 1. The Bertz CT molecular complexity index is 756. The molecule has 28 heavy (non-hydrogen) atoms. The van der Waals surface area contributed by atoms with Crippen LogP contribution in [0.2, 0.25) is 10.0 Å². The summed E-state index contributed by atoms with van der Waals surface area (Å²) < 4.78 is 5.72. The van der Waals surface area contributed by atoms with Crippen LogP contribution < -0.4 is 10.2 Å². The molecule has 2 aromatic rings. The summed E-state index contributed by atoms with van der Waals surface area (Å²) >= 11 is 12.1. The second-order valence-corrected chi connectivity index (χ2v) is 7.29. The van der Waals surface area contributed by atoms with Crippen LogP contribution in [0.3, 0.4) is 0 Å². The molecule has 0 fully saturated rings. The lowest BCUT2D eigenvalue weighted by atomic mass is 10.1. The molecule has 1 amide bonds. The van der Waals surface area contributed by atoms with Gasteiger partial charge in [-0.1, -0.05) is 68.3 Å². The zero-order chi connectivity index (χ0) is 20.2. The predicted molar refractivity (Wildman–Crippen MR) is 117 cm³/mol. The number of nitrogens with one attached hydrogen (secondary N) is 1. The fourth-order valence-corrected chi connectivity index (χ4v) is 3.12. The first-order chi connectivity index (χ1) is 13.6. The molecule has 0 aliphatic rings. The van der Waals surface area contributed by atoms with E-state index in [1.807, 2.05) is 0 Å². The number of rotatable bonds is 11. The summed E-state index contributed by atoms with van der Waals surface area (Å²) in [5, 5.41) is 4.87. The first-order valence-corrected chi connectivity index (χ1v) is 10.4. The van der Waals surface area contributed by atoms with E-state index in [1.165, 1.54) is 38.3 Å².